The highest BCUT2D eigenvalue weighted by atomic mass is 16.5. The van der Waals surface area contributed by atoms with Gasteiger partial charge in [0, 0.05) is 30.3 Å². The lowest BCUT2D eigenvalue weighted by Crippen LogP contribution is -2.44. The maximum atomic E-state index is 12.3. The zero-order valence-electron chi connectivity index (χ0n) is 20.2. The van der Waals surface area contributed by atoms with Crippen molar-refractivity contribution in [3.63, 3.8) is 0 Å². The molecule has 180 valence electrons. The molecule has 4 aromatic rings. The predicted molar refractivity (Wildman–Crippen MR) is 133 cm³/mol. The number of aromatic nitrogens is 3. The first kappa shape index (κ1) is 23.9. The summed E-state index contributed by atoms with van der Waals surface area (Å²) >= 11 is 0. The van der Waals surface area contributed by atoms with Gasteiger partial charge in [0.15, 0.2) is 12.3 Å². The second kappa shape index (κ2) is 10.8. The van der Waals surface area contributed by atoms with Crippen LogP contribution >= 0.6 is 0 Å². The molecule has 2 amide bonds. The quantitative estimate of drug-likeness (QED) is 0.384. The maximum absolute atomic E-state index is 12.3. The number of ether oxygens (including phenoxy) is 1. The van der Waals surface area contributed by atoms with Gasteiger partial charge in [0.2, 0.25) is 5.91 Å². The highest BCUT2D eigenvalue weighted by molar-refractivity contribution is 5.82. The van der Waals surface area contributed by atoms with Gasteiger partial charge in [-0.2, -0.15) is 5.10 Å². The van der Waals surface area contributed by atoms with Crippen LogP contribution in [0.3, 0.4) is 0 Å². The molecule has 0 atom stereocenters. The number of carbonyl (C=O) groups excluding carboxylic acids is 2. The highest BCUT2D eigenvalue weighted by Gasteiger charge is 2.14. The second-order valence-corrected chi connectivity index (χ2v) is 8.47. The van der Waals surface area contributed by atoms with E-state index in [1.807, 2.05) is 81.4 Å². The first-order chi connectivity index (χ1) is 16.9. The number of para-hydroxylation sites is 1. The number of amides is 2. The molecule has 0 saturated carbocycles. The summed E-state index contributed by atoms with van der Waals surface area (Å²) in [6.07, 6.45) is 1.40. The fourth-order valence-electron chi connectivity index (χ4n) is 4.03. The molecule has 2 N–H and O–H groups in total. The summed E-state index contributed by atoms with van der Waals surface area (Å²) in [5.41, 5.74) is 11.5. The van der Waals surface area contributed by atoms with Gasteiger partial charge < -0.3 is 4.74 Å². The zero-order valence-corrected chi connectivity index (χ0v) is 20.2. The Hall–Kier alpha value is -4.20. The normalized spacial score (nSPS) is 10.8. The minimum absolute atomic E-state index is 0.205. The third-order valence-corrected chi connectivity index (χ3v) is 5.80. The van der Waals surface area contributed by atoms with Gasteiger partial charge in [0.25, 0.3) is 5.91 Å². The number of aryl methyl sites for hydroxylation is 3. The van der Waals surface area contributed by atoms with E-state index in [1.54, 1.807) is 4.52 Å². The summed E-state index contributed by atoms with van der Waals surface area (Å²) < 4.78 is 7.52. The SMILES string of the molecule is Cc1cc2nc(C)c(CCC(=O)NNC(=O)COc3ccccc3Cc3ccccc3)c(C)n2n1. The third-order valence-electron chi connectivity index (χ3n) is 5.80. The standard InChI is InChI=1S/C27H29N5O3/c1-18-15-25-28-19(2)23(20(3)32(25)31-18)13-14-26(33)29-30-27(34)17-35-24-12-8-7-11-22(24)16-21-9-5-4-6-10-21/h4-12,15H,13-14,16-17H2,1-3H3,(H,29,33)(H,30,34). The topological polar surface area (TPSA) is 97.6 Å². The van der Waals surface area contributed by atoms with E-state index in [9.17, 15) is 9.59 Å². The number of benzene rings is 2. The van der Waals surface area contributed by atoms with Crippen molar-refractivity contribution in [3.8, 4) is 5.75 Å². The average molecular weight is 472 g/mol. The molecule has 0 radical (unpaired) electrons. The molecular weight excluding hydrogens is 442 g/mol. The molecule has 0 spiro atoms. The highest BCUT2D eigenvalue weighted by Crippen LogP contribution is 2.21. The van der Waals surface area contributed by atoms with E-state index < -0.39 is 5.91 Å². The molecule has 8 nitrogen and oxygen atoms in total. The number of nitrogens with zero attached hydrogens (tertiary/aromatic N) is 3. The van der Waals surface area contributed by atoms with E-state index in [0.29, 0.717) is 18.6 Å². The van der Waals surface area contributed by atoms with Crippen LogP contribution in [-0.2, 0) is 22.4 Å². The Morgan fingerprint density at radius 1 is 0.943 bits per heavy atom. The largest absolute Gasteiger partial charge is 0.483 e. The molecule has 0 unspecified atom stereocenters. The van der Waals surface area contributed by atoms with Gasteiger partial charge in [0.1, 0.15) is 5.75 Å². The Balaban J connectivity index is 1.26. The van der Waals surface area contributed by atoms with E-state index >= 15 is 0 Å². The van der Waals surface area contributed by atoms with Gasteiger partial charge in [-0.3, -0.25) is 20.4 Å². The van der Waals surface area contributed by atoms with E-state index in [4.69, 9.17) is 4.74 Å². The molecule has 0 aliphatic carbocycles. The van der Waals surface area contributed by atoms with Crippen molar-refractivity contribution >= 4 is 17.5 Å². The summed E-state index contributed by atoms with van der Waals surface area (Å²) in [4.78, 5) is 29.2. The van der Waals surface area contributed by atoms with Gasteiger partial charge in [-0.05, 0) is 49.9 Å². The summed E-state index contributed by atoms with van der Waals surface area (Å²) in [5.74, 6) is -0.0887. The smallest absolute Gasteiger partial charge is 0.276 e. The summed E-state index contributed by atoms with van der Waals surface area (Å²) in [7, 11) is 0. The number of hydrazine groups is 1. The molecule has 0 aliphatic heterocycles. The van der Waals surface area contributed by atoms with E-state index in [2.05, 4.69) is 20.9 Å². The molecule has 2 aromatic carbocycles. The first-order valence-electron chi connectivity index (χ1n) is 11.6. The van der Waals surface area contributed by atoms with Gasteiger partial charge in [-0.1, -0.05) is 48.5 Å². The van der Waals surface area contributed by atoms with Crippen LogP contribution in [0.15, 0.2) is 60.7 Å². The number of hydrogen-bond donors (Lipinski definition) is 2. The molecule has 0 saturated heterocycles. The molecular formula is C27H29N5O3. The summed E-state index contributed by atoms with van der Waals surface area (Å²) in [6, 6.07) is 19.6. The van der Waals surface area contributed by atoms with Gasteiger partial charge >= 0.3 is 0 Å². The fraction of sp³-hybridized carbons (Fsp3) is 0.259. The molecule has 2 aromatic heterocycles. The summed E-state index contributed by atoms with van der Waals surface area (Å²) in [5, 5.41) is 4.46. The second-order valence-electron chi connectivity index (χ2n) is 8.47. The Morgan fingerprint density at radius 2 is 1.66 bits per heavy atom. The van der Waals surface area contributed by atoms with Crippen LogP contribution < -0.4 is 15.6 Å². The van der Waals surface area contributed by atoms with Crippen LogP contribution in [0.5, 0.6) is 5.75 Å². The average Bonchev–Trinajstić information content (AvgIpc) is 3.23. The first-order valence-corrected chi connectivity index (χ1v) is 11.6. The van der Waals surface area contributed by atoms with E-state index in [-0.39, 0.29) is 18.9 Å². The minimum Gasteiger partial charge on any atom is -0.483 e. The van der Waals surface area contributed by atoms with Crippen molar-refractivity contribution in [2.45, 2.75) is 40.0 Å². The lowest BCUT2D eigenvalue weighted by molar-refractivity contribution is -0.130. The Kier molecular flexibility index (Phi) is 7.40. The molecule has 8 heteroatoms. The molecule has 4 rings (SSSR count). The van der Waals surface area contributed by atoms with Crippen molar-refractivity contribution in [3.05, 3.63) is 94.4 Å². The number of hydrogen-bond acceptors (Lipinski definition) is 5. The van der Waals surface area contributed by atoms with Crippen LogP contribution in [0.2, 0.25) is 0 Å². The zero-order chi connectivity index (χ0) is 24.8. The van der Waals surface area contributed by atoms with Gasteiger partial charge in [-0.15, -0.1) is 0 Å². The maximum Gasteiger partial charge on any atom is 0.276 e. The molecule has 0 fully saturated rings. The monoisotopic (exact) mass is 471 g/mol. The predicted octanol–water partition coefficient (Wildman–Crippen LogP) is 3.40. The lowest BCUT2D eigenvalue weighted by Gasteiger charge is -2.13. The minimum atomic E-state index is -0.435. The van der Waals surface area contributed by atoms with Crippen LogP contribution in [-0.4, -0.2) is 33.0 Å². The Morgan fingerprint density at radius 3 is 2.46 bits per heavy atom. The number of nitrogens with one attached hydrogen (secondary N) is 2. The van der Waals surface area contributed by atoms with E-state index in [1.165, 1.54) is 0 Å². The van der Waals surface area contributed by atoms with Crippen molar-refractivity contribution in [2.75, 3.05) is 6.61 Å². The molecule has 0 aliphatic rings. The van der Waals surface area contributed by atoms with Crippen LogP contribution in [0.4, 0.5) is 0 Å². The van der Waals surface area contributed by atoms with Crippen LogP contribution in [0, 0.1) is 20.8 Å². The molecule has 0 bridgehead atoms. The van der Waals surface area contributed by atoms with E-state index in [0.717, 1.165) is 39.4 Å². The van der Waals surface area contributed by atoms with Crippen molar-refractivity contribution in [1.82, 2.24) is 25.4 Å². The number of carbonyl (C=O) groups is 2. The molecule has 35 heavy (non-hydrogen) atoms. The molecule has 2 heterocycles. The fourth-order valence-corrected chi connectivity index (χ4v) is 4.03. The Labute approximate surface area is 204 Å². The Bertz CT molecular complexity index is 1350. The summed E-state index contributed by atoms with van der Waals surface area (Å²) in [6.45, 7) is 5.61. The number of rotatable bonds is 8. The van der Waals surface area contributed by atoms with Gasteiger partial charge in [0.05, 0.1) is 5.69 Å². The van der Waals surface area contributed by atoms with Gasteiger partial charge in [-0.25, -0.2) is 9.50 Å². The third kappa shape index (κ3) is 6.03. The van der Waals surface area contributed by atoms with Crippen molar-refractivity contribution in [2.24, 2.45) is 0 Å². The van der Waals surface area contributed by atoms with Crippen LogP contribution in [0.25, 0.3) is 5.65 Å². The van der Waals surface area contributed by atoms with Crippen LogP contribution in [0.1, 0.15) is 40.2 Å². The number of fused-ring (bicyclic) bond motifs is 1. The van der Waals surface area contributed by atoms with Crippen molar-refractivity contribution in [1.29, 1.82) is 0 Å². The van der Waals surface area contributed by atoms with Crippen molar-refractivity contribution < 1.29 is 14.3 Å². The lowest BCUT2D eigenvalue weighted by atomic mass is 10.0.